The minimum atomic E-state index is -0.511. The van der Waals surface area contributed by atoms with Gasteiger partial charge in [-0.3, -0.25) is 10.1 Å². The molecule has 8 heteroatoms. The molecule has 2 rings (SSSR count). The molecule has 0 radical (unpaired) electrons. The van der Waals surface area contributed by atoms with Crippen LogP contribution in [0.2, 0.25) is 0 Å². The topological polar surface area (TPSA) is 96.7 Å². The molecule has 2 aromatic rings. The number of nitro benzene ring substituents is 1. The molecule has 0 spiro atoms. The fourth-order valence-electron chi connectivity index (χ4n) is 1.99. The number of benzene rings is 2. The van der Waals surface area contributed by atoms with Gasteiger partial charge in [-0.05, 0) is 36.0 Å². The summed E-state index contributed by atoms with van der Waals surface area (Å²) in [5.74, 6) is 0.756. The minimum absolute atomic E-state index is 0.0222. The van der Waals surface area contributed by atoms with Crippen molar-refractivity contribution in [2.75, 3.05) is 7.11 Å². The molecular formula is C16H17N3O4S. The van der Waals surface area contributed by atoms with Gasteiger partial charge in [0, 0.05) is 30.8 Å². The zero-order chi connectivity index (χ0) is 17.5. The van der Waals surface area contributed by atoms with Crippen LogP contribution in [0.4, 0.5) is 5.69 Å². The van der Waals surface area contributed by atoms with Crippen LogP contribution in [0.3, 0.4) is 0 Å². The van der Waals surface area contributed by atoms with Crippen LogP contribution >= 0.6 is 12.2 Å². The molecule has 0 saturated heterocycles. The molecule has 126 valence electrons. The Balaban J connectivity index is 1.86. The average Bonchev–Trinajstić information content (AvgIpc) is 2.59. The third-order valence-electron chi connectivity index (χ3n) is 3.33. The lowest BCUT2D eigenvalue weighted by atomic mass is 10.2. The number of nitrogens with zero attached hydrogens (tertiary/aromatic N) is 1. The quantitative estimate of drug-likeness (QED) is 0.419. The van der Waals surface area contributed by atoms with Gasteiger partial charge in [-0.1, -0.05) is 12.1 Å². The Kier molecular flexibility index (Phi) is 5.91. The Hall–Kier alpha value is -2.87. The highest BCUT2D eigenvalue weighted by atomic mass is 32.1. The Morgan fingerprint density at radius 2 is 1.88 bits per heavy atom. The second-order valence-corrected chi connectivity index (χ2v) is 5.36. The second kappa shape index (κ2) is 8.11. The summed E-state index contributed by atoms with van der Waals surface area (Å²) in [7, 11) is 1.61. The molecule has 0 bridgehead atoms. The summed E-state index contributed by atoms with van der Waals surface area (Å²) in [6.07, 6.45) is 0. The van der Waals surface area contributed by atoms with E-state index >= 15 is 0 Å². The molecule has 24 heavy (non-hydrogen) atoms. The van der Waals surface area contributed by atoms with Gasteiger partial charge in [0.1, 0.15) is 11.5 Å². The predicted octanol–water partition coefficient (Wildman–Crippen LogP) is 2.47. The van der Waals surface area contributed by atoms with E-state index in [0.717, 1.165) is 11.3 Å². The molecule has 0 aliphatic heterocycles. The number of ether oxygens (including phenoxy) is 1. The number of non-ortho nitro benzene ring substituents is 1. The van der Waals surface area contributed by atoms with Crippen molar-refractivity contribution in [1.82, 2.24) is 10.6 Å². The van der Waals surface area contributed by atoms with Crippen LogP contribution < -0.4 is 15.4 Å². The van der Waals surface area contributed by atoms with Crippen LogP contribution in [0.5, 0.6) is 11.5 Å². The van der Waals surface area contributed by atoms with Crippen molar-refractivity contribution in [1.29, 1.82) is 0 Å². The number of aromatic hydroxyl groups is 1. The molecule has 0 saturated carbocycles. The van der Waals surface area contributed by atoms with Crippen molar-refractivity contribution < 1.29 is 14.8 Å². The van der Waals surface area contributed by atoms with Gasteiger partial charge < -0.3 is 20.5 Å². The van der Waals surface area contributed by atoms with E-state index in [-0.39, 0.29) is 18.0 Å². The van der Waals surface area contributed by atoms with Crippen LogP contribution in [-0.2, 0) is 13.1 Å². The first kappa shape index (κ1) is 17.5. The van der Waals surface area contributed by atoms with E-state index in [4.69, 9.17) is 17.0 Å². The smallest absolute Gasteiger partial charge is 0.270 e. The highest BCUT2D eigenvalue weighted by Crippen LogP contribution is 2.22. The monoisotopic (exact) mass is 347 g/mol. The van der Waals surface area contributed by atoms with Crippen molar-refractivity contribution in [3.8, 4) is 11.5 Å². The van der Waals surface area contributed by atoms with Gasteiger partial charge in [0.25, 0.3) is 5.69 Å². The summed E-state index contributed by atoms with van der Waals surface area (Å²) < 4.78 is 5.09. The van der Waals surface area contributed by atoms with E-state index in [1.807, 2.05) is 24.3 Å². The lowest BCUT2D eigenvalue weighted by Crippen LogP contribution is -2.34. The molecule has 7 nitrogen and oxygen atoms in total. The van der Waals surface area contributed by atoms with Gasteiger partial charge in [-0.25, -0.2) is 0 Å². The number of rotatable bonds is 6. The van der Waals surface area contributed by atoms with Crippen LogP contribution in [0.1, 0.15) is 11.1 Å². The summed E-state index contributed by atoms with van der Waals surface area (Å²) >= 11 is 5.17. The SMILES string of the molecule is COc1ccc(CNC(=S)NCc2cc([N+](=O)[O-])ccc2O)cc1. The first-order chi connectivity index (χ1) is 11.5. The van der Waals surface area contributed by atoms with Gasteiger partial charge in [0.05, 0.1) is 12.0 Å². The van der Waals surface area contributed by atoms with Gasteiger partial charge in [-0.2, -0.15) is 0 Å². The van der Waals surface area contributed by atoms with E-state index in [0.29, 0.717) is 17.2 Å². The van der Waals surface area contributed by atoms with Crippen LogP contribution in [0, 0.1) is 10.1 Å². The van der Waals surface area contributed by atoms with E-state index < -0.39 is 4.92 Å². The van der Waals surface area contributed by atoms with Crippen molar-refractivity contribution in [3.63, 3.8) is 0 Å². The molecule has 0 aliphatic rings. The van der Waals surface area contributed by atoms with Gasteiger partial charge in [0.15, 0.2) is 5.11 Å². The van der Waals surface area contributed by atoms with E-state index in [2.05, 4.69) is 10.6 Å². The number of phenolic OH excluding ortho intramolecular Hbond substituents is 1. The van der Waals surface area contributed by atoms with Gasteiger partial charge >= 0.3 is 0 Å². The van der Waals surface area contributed by atoms with Gasteiger partial charge in [-0.15, -0.1) is 0 Å². The molecule has 0 heterocycles. The fraction of sp³-hybridized carbons (Fsp3) is 0.188. The summed E-state index contributed by atoms with van der Waals surface area (Å²) in [4.78, 5) is 10.3. The number of nitrogens with one attached hydrogen (secondary N) is 2. The number of phenols is 1. The van der Waals surface area contributed by atoms with Crippen molar-refractivity contribution in [2.45, 2.75) is 13.1 Å². The Morgan fingerprint density at radius 3 is 2.50 bits per heavy atom. The molecular weight excluding hydrogens is 330 g/mol. The number of hydrogen-bond acceptors (Lipinski definition) is 5. The lowest BCUT2D eigenvalue weighted by molar-refractivity contribution is -0.384. The average molecular weight is 347 g/mol. The largest absolute Gasteiger partial charge is 0.508 e. The molecule has 0 aliphatic carbocycles. The zero-order valence-electron chi connectivity index (χ0n) is 13.0. The summed E-state index contributed by atoms with van der Waals surface area (Å²) in [6.45, 7) is 0.707. The van der Waals surface area contributed by atoms with Crippen LogP contribution in [0.15, 0.2) is 42.5 Å². The molecule has 0 atom stereocenters. The lowest BCUT2D eigenvalue weighted by Gasteiger charge is -2.11. The predicted molar refractivity (Wildman–Crippen MR) is 94.0 cm³/mol. The third-order valence-corrected chi connectivity index (χ3v) is 3.61. The number of thiocarbonyl (C=S) groups is 1. The highest BCUT2D eigenvalue weighted by Gasteiger charge is 2.10. The summed E-state index contributed by atoms with van der Waals surface area (Å²) in [6, 6.07) is 11.4. The van der Waals surface area contributed by atoms with Crippen LogP contribution in [-0.4, -0.2) is 22.3 Å². The Morgan fingerprint density at radius 1 is 1.21 bits per heavy atom. The molecule has 0 fully saturated rings. The number of methoxy groups -OCH3 is 1. The first-order valence-electron chi connectivity index (χ1n) is 7.10. The van der Waals surface area contributed by atoms with Gasteiger partial charge in [0.2, 0.25) is 0 Å². The highest BCUT2D eigenvalue weighted by molar-refractivity contribution is 7.80. The molecule has 0 unspecified atom stereocenters. The fourth-order valence-corrected chi connectivity index (χ4v) is 2.14. The zero-order valence-corrected chi connectivity index (χ0v) is 13.8. The minimum Gasteiger partial charge on any atom is -0.508 e. The standard InChI is InChI=1S/C16H17N3O4S/c1-23-14-5-2-11(3-6-14)9-17-16(24)18-10-12-8-13(19(21)22)4-7-15(12)20/h2-8,20H,9-10H2,1H3,(H2,17,18,24). The maximum atomic E-state index is 10.8. The maximum Gasteiger partial charge on any atom is 0.270 e. The van der Waals surface area contributed by atoms with Crippen molar-refractivity contribution >= 4 is 23.0 Å². The molecule has 0 aromatic heterocycles. The molecule has 3 N–H and O–H groups in total. The first-order valence-corrected chi connectivity index (χ1v) is 7.51. The van der Waals surface area contributed by atoms with Crippen molar-refractivity contribution in [3.05, 3.63) is 63.7 Å². The van der Waals surface area contributed by atoms with Crippen LogP contribution in [0.25, 0.3) is 0 Å². The normalized spacial score (nSPS) is 10.0. The van der Waals surface area contributed by atoms with E-state index in [1.165, 1.54) is 18.2 Å². The van der Waals surface area contributed by atoms with E-state index in [9.17, 15) is 15.2 Å². The third kappa shape index (κ3) is 4.82. The Bertz CT molecular complexity index is 735. The number of hydrogen-bond donors (Lipinski definition) is 3. The molecule has 2 aromatic carbocycles. The summed E-state index contributed by atoms with van der Waals surface area (Å²) in [5.41, 5.74) is 1.35. The maximum absolute atomic E-state index is 10.8. The second-order valence-electron chi connectivity index (χ2n) is 4.95. The summed E-state index contributed by atoms with van der Waals surface area (Å²) in [5, 5.41) is 26.8. The number of nitro groups is 1. The van der Waals surface area contributed by atoms with Crippen molar-refractivity contribution in [2.24, 2.45) is 0 Å². The Labute approximate surface area is 144 Å². The molecule has 0 amide bonds. The van der Waals surface area contributed by atoms with E-state index in [1.54, 1.807) is 7.11 Å².